The van der Waals surface area contributed by atoms with Gasteiger partial charge in [-0.3, -0.25) is 4.99 Å². The fourth-order valence-corrected chi connectivity index (χ4v) is 2.00. The standard InChI is InChI=1S/C17H25N5O/c1-4-15-21-16(23-22-15)14-7-5-13(6-8-14)9-10-19-17(18)20-11-12(2)3/h5-8,12H,4,9-11H2,1-3H3,(H3,18,19,20). The van der Waals surface area contributed by atoms with Gasteiger partial charge in [0.05, 0.1) is 0 Å². The largest absolute Gasteiger partial charge is 0.370 e. The number of guanidine groups is 1. The quantitative estimate of drug-likeness (QED) is 0.605. The van der Waals surface area contributed by atoms with E-state index in [0.717, 1.165) is 37.3 Å². The Kier molecular flexibility index (Phi) is 6.14. The molecule has 0 bridgehead atoms. The summed E-state index contributed by atoms with van der Waals surface area (Å²) in [6.45, 7) is 7.74. The summed E-state index contributed by atoms with van der Waals surface area (Å²) in [6, 6.07) is 8.12. The molecule has 6 heteroatoms. The number of nitrogens with two attached hydrogens (primary N) is 1. The van der Waals surface area contributed by atoms with Crippen molar-refractivity contribution in [2.45, 2.75) is 33.6 Å². The molecule has 1 aromatic heterocycles. The number of hydrogen-bond donors (Lipinski definition) is 2. The van der Waals surface area contributed by atoms with Gasteiger partial charge in [-0.15, -0.1) is 0 Å². The summed E-state index contributed by atoms with van der Waals surface area (Å²) >= 11 is 0. The number of hydrogen-bond acceptors (Lipinski definition) is 4. The zero-order valence-electron chi connectivity index (χ0n) is 14.0. The second-order valence-electron chi connectivity index (χ2n) is 5.86. The first-order chi connectivity index (χ1) is 11.1. The molecule has 2 rings (SSSR count). The Bertz CT molecular complexity index is 631. The maximum atomic E-state index is 5.81. The van der Waals surface area contributed by atoms with Crippen LogP contribution in [0.4, 0.5) is 0 Å². The van der Waals surface area contributed by atoms with E-state index in [9.17, 15) is 0 Å². The number of nitrogens with zero attached hydrogens (tertiary/aromatic N) is 3. The highest BCUT2D eigenvalue weighted by atomic mass is 16.5. The van der Waals surface area contributed by atoms with Crippen LogP contribution in [-0.4, -0.2) is 29.2 Å². The van der Waals surface area contributed by atoms with Gasteiger partial charge in [-0.25, -0.2) is 0 Å². The second kappa shape index (κ2) is 8.31. The molecule has 0 saturated carbocycles. The van der Waals surface area contributed by atoms with E-state index >= 15 is 0 Å². The van der Waals surface area contributed by atoms with Crippen LogP contribution in [0.2, 0.25) is 0 Å². The molecule has 0 aliphatic heterocycles. The molecule has 1 aromatic carbocycles. The lowest BCUT2D eigenvalue weighted by molar-refractivity contribution is 0.423. The molecule has 0 amide bonds. The van der Waals surface area contributed by atoms with Gasteiger partial charge in [0.1, 0.15) is 0 Å². The van der Waals surface area contributed by atoms with Gasteiger partial charge >= 0.3 is 0 Å². The normalized spacial score (nSPS) is 11.9. The van der Waals surface area contributed by atoms with Crippen molar-refractivity contribution in [2.24, 2.45) is 16.6 Å². The topological polar surface area (TPSA) is 89.3 Å². The van der Waals surface area contributed by atoms with Crippen LogP contribution in [0, 0.1) is 5.92 Å². The molecular formula is C17H25N5O. The van der Waals surface area contributed by atoms with Gasteiger partial charge in [0.25, 0.3) is 5.89 Å². The Morgan fingerprint density at radius 1 is 1.30 bits per heavy atom. The molecule has 0 unspecified atom stereocenters. The molecule has 2 aromatic rings. The number of benzene rings is 1. The first-order valence-electron chi connectivity index (χ1n) is 8.04. The number of nitrogens with one attached hydrogen (secondary N) is 1. The Morgan fingerprint density at radius 3 is 2.65 bits per heavy atom. The van der Waals surface area contributed by atoms with Crippen LogP contribution in [0.25, 0.3) is 11.5 Å². The van der Waals surface area contributed by atoms with Crippen LogP contribution < -0.4 is 11.1 Å². The highest BCUT2D eigenvalue weighted by molar-refractivity contribution is 5.77. The minimum atomic E-state index is 0.508. The molecular weight excluding hydrogens is 290 g/mol. The van der Waals surface area contributed by atoms with E-state index in [2.05, 4.69) is 46.4 Å². The summed E-state index contributed by atoms with van der Waals surface area (Å²) in [7, 11) is 0. The minimum absolute atomic E-state index is 0.508. The average molecular weight is 315 g/mol. The number of rotatable bonds is 7. The van der Waals surface area contributed by atoms with E-state index in [-0.39, 0.29) is 0 Å². The van der Waals surface area contributed by atoms with Crippen LogP contribution >= 0.6 is 0 Å². The fraction of sp³-hybridized carbons (Fsp3) is 0.471. The van der Waals surface area contributed by atoms with Gasteiger partial charge in [-0.1, -0.05) is 38.1 Å². The van der Waals surface area contributed by atoms with Crippen LogP contribution in [0.15, 0.2) is 33.8 Å². The number of aromatic nitrogens is 2. The van der Waals surface area contributed by atoms with E-state index in [1.807, 2.05) is 19.1 Å². The van der Waals surface area contributed by atoms with Gasteiger partial charge in [-0.2, -0.15) is 4.98 Å². The molecule has 1 heterocycles. The molecule has 0 spiro atoms. The van der Waals surface area contributed by atoms with E-state index in [1.54, 1.807) is 0 Å². The smallest absolute Gasteiger partial charge is 0.257 e. The second-order valence-corrected chi connectivity index (χ2v) is 5.86. The predicted octanol–water partition coefficient (Wildman–Crippen LogP) is 2.40. The van der Waals surface area contributed by atoms with Crippen molar-refractivity contribution in [2.75, 3.05) is 13.1 Å². The summed E-state index contributed by atoms with van der Waals surface area (Å²) in [6.07, 6.45) is 1.65. The third kappa shape index (κ3) is 5.39. The summed E-state index contributed by atoms with van der Waals surface area (Å²) < 4.78 is 5.23. The van der Waals surface area contributed by atoms with E-state index < -0.39 is 0 Å². The molecule has 0 saturated heterocycles. The highest BCUT2D eigenvalue weighted by Gasteiger charge is 2.07. The van der Waals surface area contributed by atoms with Gasteiger partial charge in [-0.05, 0) is 30.0 Å². The monoisotopic (exact) mass is 315 g/mol. The van der Waals surface area contributed by atoms with Crippen molar-refractivity contribution >= 4 is 5.96 Å². The number of aryl methyl sites for hydroxylation is 1. The number of aliphatic imine (C=N–C) groups is 1. The van der Waals surface area contributed by atoms with Gasteiger partial charge < -0.3 is 15.6 Å². The Labute approximate surface area is 137 Å². The third-order valence-corrected chi connectivity index (χ3v) is 3.33. The van der Waals surface area contributed by atoms with Crippen LogP contribution in [0.1, 0.15) is 32.2 Å². The predicted molar refractivity (Wildman–Crippen MR) is 92.1 cm³/mol. The van der Waals surface area contributed by atoms with Crippen molar-refractivity contribution in [3.05, 3.63) is 35.7 Å². The molecule has 124 valence electrons. The Hall–Kier alpha value is -2.37. The van der Waals surface area contributed by atoms with Crippen molar-refractivity contribution in [1.82, 2.24) is 15.5 Å². The van der Waals surface area contributed by atoms with Crippen molar-refractivity contribution in [3.8, 4) is 11.5 Å². The maximum Gasteiger partial charge on any atom is 0.257 e. The first kappa shape index (κ1) is 17.0. The van der Waals surface area contributed by atoms with E-state index in [4.69, 9.17) is 10.3 Å². The van der Waals surface area contributed by atoms with E-state index in [1.165, 1.54) is 5.56 Å². The van der Waals surface area contributed by atoms with E-state index in [0.29, 0.717) is 17.8 Å². The first-order valence-corrected chi connectivity index (χ1v) is 8.04. The maximum absolute atomic E-state index is 5.81. The SMILES string of the molecule is CCc1noc(-c2ccc(CCNC(N)=NCC(C)C)cc2)n1. The van der Waals surface area contributed by atoms with Gasteiger partial charge in [0.2, 0.25) is 0 Å². The molecule has 6 nitrogen and oxygen atoms in total. The van der Waals surface area contributed by atoms with Gasteiger partial charge in [0, 0.05) is 25.1 Å². The third-order valence-electron chi connectivity index (χ3n) is 3.33. The zero-order valence-corrected chi connectivity index (χ0v) is 14.0. The summed E-state index contributed by atoms with van der Waals surface area (Å²) in [5.74, 6) is 2.31. The molecule has 3 N–H and O–H groups in total. The Morgan fingerprint density at radius 2 is 2.04 bits per heavy atom. The molecule has 0 radical (unpaired) electrons. The van der Waals surface area contributed by atoms with Crippen molar-refractivity contribution in [3.63, 3.8) is 0 Å². The zero-order chi connectivity index (χ0) is 16.7. The van der Waals surface area contributed by atoms with Crippen molar-refractivity contribution < 1.29 is 4.52 Å². The lowest BCUT2D eigenvalue weighted by Gasteiger charge is -2.07. The highest BCUT2D eigenvalue weighted by Crippen LogP contribution is 2.18. The van der Waals surface area contributed by atoms with Crippen molar-refractivity contribution in [1.29, 1.82) is 0 Å². The fourth-order valence-electron chi connectivity index (χ4n) is 2.00. The van der Waals surface area contributed by atoms with Crippen LogP contribution in [0.3, 0.4) is 0 Å². The summed E-state index contributed by atoms with van der Waals surface area (Å²) in [5.41, 5.74) is 7.97. The minimum Gasteiger partial charge on any atom is -0.370 e. The van der Waals surface area contributed by atoms with Crippen LogP contribution in [-0.2, 0) is 12.8 Å². The Balaban J connectivity index is 1.84. The molecule has 0 aliphatic rings. The van der Waals surface area contributed by atoms with Gasteiger partial charge in [0.15, 0.2) is 11.8 Å². The lowest BCUT2D eigenvalue weighted by Crippen LogP contribution is -2.33. The molecule has 23 heavy (non-hydrogen) atoms. The molecule has 0 fully saturated rings. The summed E-state index contributed by atoms with van der Waals surface area (Å²) in [5, 5.41) is 7.04. The van der Waals surface area contributed by atoms with Crippen LogP contribution in [0.5, 0.6) is 0 Å². The molecule has 0 aliphatic carbocycles. The lowest BCUT2D eigenvalue weighted by atomic mass is 10.1. The molecule has 0 atom stereocenters. The average Bonchev–Trinajstić information content (AvgIpc) is 3.02. The summed E-state index contributed by atoms with van der Waals surface area (Å²) in [4.78, 5) is 8.60.